The Bertz CT molecular complexity index is 890. The first-order chi connectivity index (χ1) is 11.1. The highest BCUT2D eigenvalue weighted by Gasteiger charge is 2.14. The number of nitrogens with zero attached hydrogens (tertiary/aromatic N) is 3. The number of aromatic hydroxyl groups is 1. The van der Waals surface area contributed by atoms with Gasteiger partial charge in [-0.2, -0.15) is 5.26 Å². The molecule has 0 aliphatic rings. The van der Waals surface area contributed by atoms with E-state index in [1.54, 1.807) is 30.5 Å². The van der Waals surface area contributed by atoms with Gasteiger partial charge in [0.15, 0.2) is 0 Å². The quantitative estimate of drug-likeness (QED) is 0.644. The number of aryl methyl sites for hydroxylation is 1. The smallest absolute Gasteiger partial charge is 0.227 e. The normalized spacial score (nSPS) is 10.3. The van der Waals surface area contributed by atoms with Crippen molar-refractivity contribution in [1.82, 2.24) is 15.0 Å². The number of anilines is 2. The summed E-state index contributed by atoms with van der Waals surface area (Å²) in [6.45, 7) is 3.81. The molecule has 0 aliphatic carbocycles. The Morgan fingerprint density at radius 3 is 2.57 bits per heavy atom. The minimum Gasteiger partial charge on any atom is -0.508 e. The highest BCUT2D eigenvalue weighted by Crippen LogP contribution is 2.28. The summed E-state index contributed by atoms with van der Waals surface area (Å²) < 4.78 is 0. The Morgan fingerprint density at radius 2 is 1.91 bits per heavy atom. The van der Waals surface area contributed by atoms with Crippen LogP contribution in [0.15, 0.2) is 36.5 Å². The third-order valence-corrected chi connectivity index (χ3v) is 3.58. The average molecular weight is 305 g/mol. The van der Waals surface area contributed by atoms with Gasteiger partial charge in [-0.3, -0.25) is 0 Å². The molecule has 6 heteroatoms. The molecule has 3 rings (SSSR count). The molecule has 3 N–H and O–H groups in total. The second-order valence-corrected chi connectivity index (χ2v) is 5.17. The minimum absolute atomic E-state index is 0.202. The number of hydrogen-bond acceptors (Lipinski definition) is 5. The van der Waals surface area contributed by atoms with Crippen LogP contribution >= 0.6 is 0 Å². The van der Waals surface area contributed by atoms with Crippen LogP contribution in [-0.4, -0.2) is 20.1 Å². The molecule has 0 radical (unpaired) electrons. The van der Waals surface area contributed by atoms with Crippen LogP contribution in [0, 0.1) is 25.2 Å². The predicted octanol–water partition coefficient (Wildman–Crippen LogP) is 3.41. The number of hydrogen-bond donors (Lipinski definition) is 3. The maximum atomic E-state index is 9.31. The lowest BCUT2D eigenvalue weighted by Crippen LogP contribution is -1.98. The van der Waals surface area contributed by atoms with Gasteiger partial charge in [0, 0.05) is 23.1 Å². The number of H-pyrrole nitrogens is 1. The zero-order chi connectivity index (χ0) is 16.4. The summed E-state index contributed by atoms with van der Waals surface area (Å²) >= 11 is 0. The molecule has 0 spiro atoms. The van der Waals surface area contributed by atoms with Gasteiger partial charge in [0.05, 0.1) is 5.69 Å². The Labute approximate surface area is 133 Å². The first kappa shape index (κ1) is 14.6. The third-order valence-electron chi connectivity index (χ3n) is 3.58. The van der Waals surface area contributed by atoms with Gasteiger partial charge in [-0.25, -0.2) is 9.97 Å². The average Bonchev–Trinajstić information content (AvgIpc) is 2.84. The van der Waals surface area contributed by atoms with E-state index in [1.807, 2.05) is 19.9 Å². The Kier molecular flexibility index (Phi) is 3.69. The Morgan fingerprint density at radius 1 is 1.17 bits per heavy atom. The Hall–Kier alpha value is -3.33. The van der Waals surface area contributed by atoms with E-state index < -0.39 is 0 Å². The van der Waals surface area contributed by atoms with E-state index in [4.69, 9.17) is 5.26 Å². The molecular formula is C17H15N5O. The number of phenolic OH excluding ortho intramolecular Hbond substituents is 1. The largest absolute Gasteiger partial charge is 0.508 e. The van der Waals surface area contributed by atoms with Crippen molar-refractivity contribution in [2.75, 3.05) is 5.32 Å². The molecule has 0 unspecified atom stereocenters. The molecule has 0 aliphatic heterocycles. The van der Waals surface area contributed by atoms with Crippen LogP contribution in [0.25, 0.3) is 11.3 Å². The molecule has 0 amide bonds. The number of nitrogens with one attached hydrogen (secondary N) is 2. The summed E-state index contributed by atoms with van der Waals surface area (Å²) in [4.78, 5) is 11.8. The van der Waals surface area contributed by atoms with Crippen LogP contribution in [0.4, 0.5) is 11.6 Å². The van der Waals surface area contributed by atoms with Crippen LogP contribution in [-0.2, 0) is 0 Å². The van der Waals surface area contributed by atoms with Crippen LogP contribution in [0.2, 0.25) is 0 Å². The molecule has 23 heavy (non-hydrogen) atoms. The van der Waals surface area contributed by atoms with Crippen molar-refractivity contribution >= 4 is 11.6 Å². The molecule has 114 valence electrons. The summed E-state index contributed by atoms with van der Waals surface area (Å²) in [7, 11) is 0. The van der Waals surface area contributed by atoms with Gasteiger partial charge in [0.1, 0.15) is 17.5 Å². The standard InChI is InChI=1S/C17H15N5O/c1-10-15(9-18)20-11(2)16(10)14-7-8-19-17(22-14)21-12-3-5-13(23)6-4-12/h3-8,20,23H,1-2H3,(H,19,21,22). The molecule has 2 heterocycles. The van der Waals surface area contributed by atoms with E-state index in [-0.39, 0.29) is 5.75 Å². The van der Waals surface area contributed by atoms with Gasteiger partial charge in [0.2, 0.25) is 5.95 Å². The zero-order valence-electron chi connectivity index (χ0n) is 12.8. The van der Waals surface area contributed by atoms with Crippen LogP contribution in [0.5, 0.6) is 5.75 Å². The van der Waals surface area contributed by atoms with Crippen molar-refractivity contribution in [3.05, 3.63) is 53.5 Å². The van der Waals surface area contributed by atoms with Crippen molar-refractivity contribution in [3.8, 4) is 23.1 Å². The van der Waals surface area contributed by atoms with Gasteiger partial charge in [0.25, 0.3) is 0 Å². The minimum atomic E-state index is 0.202. The first-order valence-corrected chi connectivity index (χ1v) is 7.07. The van der Waals surface area contributed by atoms with Crippen LogP contribution < -0.4 is 5.32 Å². The lowest BCUT2D eigenvalue weighted by Gasteiger charge is -2.07. The maximum Gasteiger partial charge on any atom is 0.227 e. The monoisotopic (exact) mass is 305 g/mol. The van der Waals surface area contributed by atoms with Crippen molar-refractivity contribution < 1.29 is 5.11 Å². The second-order valence-electron chi connectivity index (χ2n) is 5.17. The number of nitriles is 1. The molecule has 6 nitrogen and oxygen atoms in total. The SMILES string of the molecule is Cc1[nH]c(C#N)c(C)c1-c1ccnc(Nc2ccc(O)cc2)n1. The molecule has 0 bridgehead atoms. The van der Waals surface area contributed by atoms with Gasteiger partial charge in [-0.05, 0) is 49.7 Å². The molecular weight excluding hydrogens is 290 g/mol. The molecule has 1 aromatic carbocycles. The number of phenols is 1. The lowest BCUT2D eigenvalue weighted by molar-refractivity contribution is 0.475. The summed E-state index contributed by atoms with van der Waals surface area (Å²) in [5.41, 5.74) is 4.75. The number of benzene rings is 1. The number of rotatable bonds is 3. The topological polar surface area (TPSA) is 97.6 Å². The number of aromatic nitrogens is 3. The van der Waals surface area contributed by atoms with Crippen LogP contribution in [0.3, 0.4) is 0 Å². The fraction of sp³-hybridized carbons (Fsp3) is 0.118. The van der Waals surface area contributed by atoms with E-state index in [0.29, 0.717) is 11.6 Å². The summed E-state index contributed by atoms with van der Waals surface area (Å²) in [5, 5.41) is 21.5. The van der Waals surface area contributed by atoms with Gasteiger partial charge in [-0.15, -0.1) is 0 Å². The molecule has 3 aromatic rings. The second kappa shape index (κ2) is 5.81. The van der Waals surface area contributed by atoms with E-state index in [0.717, 1.165) is 28.2 Å². The molecule has 0 saturated heterocycles. The fourth-order valence-electron chi connectivity index (χ4n) is 2.48. The number of aromatic amines is 1. The van der Waals surface area contributed by atoms with E-state index in [9.17, 15) is 5.11 Å². The van der Waals surface area contributed by atoms with Gasteiger partial charge in [-0.1, -0.05) is 0 Å². The molecule has 0 atom stereocenters. The molecule has 0 saturated carbocycles. The van der Waals surface area contributed by atoms with Gasteiger partial charge < -0.3 is 15.4 Å². The maximum absolute atomic E-state index is 9.31. The first-order valence-electron chi connectivity index (χ1n) is 7.07. The zero-order valence-corrected chi connectivity index (χ0v) is 12.8. The van der Waals surface area contributed by atoms with E-state index in [2.05, 4.69) is 26.3 Å². The molecule has 2 aromatic heterocycles. The lowest BCUT2D eigenvalue weighted by atomic mass is 10.1. The summed E-state index contributed by atoms with van der Waals surface area (Å²) in [6.07, 6.45) is 1.67. The van der Waals surface area contributed by atoms with Crippen LogP contribution in [0.1, 0.15) is 17.0 Å². The van der Waals surface area contributed by atoms with E-state index >= 15 is 0 Å². The highest BCUT2D eigenvalue weighted by molar-refractivity contribution is 5.70. The highest BCUT2D eigenvalue weighted by atomic mass is 16.3. The Balaban J connectivity index is 1.96. The van der Waals surface area contributed by atoms with E-state index in [1.165, 1.54) is 0 Å². The van der Waals surface area contributed by atoms with Crippen molar-refractivity contribution in [2.24, 2.45) is 0 Å². The molecule has 0 fully saturated rings. The predicted molar refractivity (Wildman–Crippen MR) is 87.4 cm³/mol. The van der Waals surface area contributed by atoms with Crippen molar-refractivity contribution in [1.29, 1.82) is 5.26 Å². The fourth-order valence-corrected chi connectivity index (χ4v) is 2.48. The summed E-state index contributed by atoms with van der Waals surface area (Å²) in [5.74, 6) is 0.652. The summed E-state index contributed by atoms with van der Waals surface area (Å²) in [6, 6.07) is 10.6. The third kappa shape index (κ3) is 2.85. The van der Waals surface area contributed by atoms with Crippen molar-refractivity contribution in [2.45, 2.75) is 13.8 Å². The van der Waals surface area contributed by atoms with Gasteiger partial charge >= 0.3 is 0 Å². The van der Waals surface area contributed by atoms with Crippen molar-refractivity contribution in [3.63, 3.8) is 0 Å².